The molecule has 0 N–H and O–H groups in total. The fourth-order valence-corrected chi connectivity index (χ4v) is 24.2. The summed E-state index contributed by atoms with van der Waals surface area (Å²) >= 11 is 24.0. The van der Waals surface area contributed by atoms with Gasteiger partial charge >= 0.3 is 17.9 Å². The number of ether oxygens (including phenoxy) is 3. The van der Waals surface area contributed by atoms with Gasteiger partial charge in [0.15, 0.2) is 0 Å². The summed E-state index contributed by atoms with van der Waals surface area (Å²) in [4.78, 5) is 40.5. The molecular formula is C34H44O6S13. The van der Waals surface area contributed by atoms with Gasteiger partial charge in [0.2, 0.25) is 0 Å². The van der Waals surface area contributed by atoms with Crippen LogP contribution in [0.25, 0.3) is 0 Å². The summed E-state index contributed by atoms with van der Waals surface area (Å²) in [7, 11) is 0. The molecule has 4 rings (SSSR count). The molecular weight excluding hydrogens is 921 g/mol. The van der Waals surface area contributed by atoms with Gasteiger partial charge in [0.05, 0.1) is 77.2 Å². The molecule has 0 saturated carbocycles. The van der Waals surface area contributed by atoms with Gasteiger partial charge in [0, 0.05) is 27.2 Å². The van der Waals surface area contributed by atoms with Crippen LogP contribution in [0.2, 0.25) is 0 Å². The Morgan fingerprint density at radius 3 is 1.09 bits per heavy atom. The fourth-order valence-electron chi connectivity index (χ4n) is 4.29. The predicted molar refractivity (Wildman–Crippen MR) is 255 cm³/mol. The van der Waals surface area contributed by atoms with E-state index in [0.29, 0.717) is 56.3 Å². The summed E-state index contributed by atoms with van der Waals surface area (Å²) in [6.45, 7) is 13.4. The smallest absolute Gasteiger partial charge is 0.306 e. The average Bonchev–Trinajstić information content (AvgIpc) is 3.94. The van der Waals surface area contributed by atoms with Crippen LogP contribution in [0.1, 0.15) is 80.1 Å². The second-order valence-corrected chi connectivity index (χ2v) is 26.7. The van der Waals surface area contributed by atoms with Crippen LogP contribution in [0.4, 0.5) is 0 Å². The SMILES string of the molecule is CCOC(=O)CCSC1=C(SCSC2=C(CC)SC(=C3SC(SCCC(=O)OCC)=C(SCCC(=O)OCC)S3)S2)SC(=C2SC(CC)=C(CC)S2)S1. The molecule has 4 aliphatic heterocycles. The monoisotopic (exact) mass is 964 g/mol. The van der Waals surface area contributed by atoms with Crippen LogP contribution in [-0.4, -0.2) is 60.1 Å². The van der Waals surface area contributed by atoms with E-state index in [-0.39, 0.29) is 17.9 Å². The fraction of sp³-hybridized carbons (Fsp3) is 0.559. The van der Waals surface area contributed by atoms with Gasteiger partial charge < -0.3 is 14.2 Å². The summed E-state index contributed by atoms with van der Waals surface area (Å²) in [6.07, 6.45) is 4.27. The highest BCUT2D eigenvalue weighted by molar-refractivity contribution is 8.45. The zero-order chi connectivity index (χ0) is 38.2. The van der Waals surface area contributed by atoms with E-state index in [2.05, 4.69) is 20.8 Å². The first-order valence-corrected chi connectivity index (χ1v) is 28.6. The quantitative estimate of drug-likeness (QED) is 0.0586. The van der Waals surface area contributed by atoms with Gasteiger partial charge in [-0.15, -0.1) is 58.8 Å². The van der Waals surface area contributed by atoms with Crippen LogP contribution in [-0.2, 0) is 28.6 Å². The van der Waals surface area contributed by atoms with Crippen LogP contribution >= 0.6 is 153 Å². The summed E-state index contributed by atoms with van der Waals surface area (Å²) in [5.41, 5.74) is 0. The lowest BCUT2D eigenvalue weighted by atomic mass is 10.3. The Morgan fingerprint density at radius 1 is 0.415 bits per heavy atom. The summed E-state index contributed by atoms with van der Waals surface area (Å²) in [5, 5.41) is 0.907. The molecule has 4 heterocycles. The molecule has 19 heteroatoms. The van der Waals surface area contributed by atoms with E-state index >= 15 is 0 Å². The van der Waals surface area contributed by atoms with Crippen molar-refractivity contribution in [3.8, 4) is 0 Å². The van der Waals surface area contributed by atoms with Gasteiger partial charge in [0.1, 0.15) is 0 Å². The molecule has 294 valence electrons. The van der Waals surface area contributed by atoms with Gasteiger partial charge in [-0.3, -0.25) is 14.4 Å². The molecule has 6 nitrogen and oxygen atoms in total. The molecule has 0 aromatic carbocycles. The first-order chi connectivity index (χ1) is 25.7. The van der Waals surface area contributed by atoms with Gasteiger partial charge in [0.25, 0.3) is 0 Å². The van der Waals surface area contributed by atoms with Gasteiger partial charge in [-0.05, 0) is 49.8 Å². The topological polar surface area (TPSA) is 78.9 Å². The highest BCUT2D eigenvalue weighted by Crippen LogP contribution is 2.67. The van der Waals surface area contributed by atoms with Crippen molar-refractivity contribution in [1.82, 2.24) is 0 Å². The van der Waals surface area contributed by atoms with Crippen molar-refractivity contribution >= 4 is 171 Å². The lowest BCUT2D eigenvalue weighted by Crippen LogP contribution is -2.04. The average molecular weight is 966 g/mol. The molecule has 0 spiro atoms. The van der Waals surface area contributed by atoms with Crippen molar-refractivity contribution in [3.63, 3.8) is 0 Å². The van der Waals surface area contributed by atoms with E-state index in [4.69, 9.17) is 14.2 Å². The van der Waals surface area contributed by atoms with Gasteiger partial charge in [-0.2, -0.15) is 0 Å². The van der Waals surface area contributed by atoms with E-state index in [9.17, 15) is 14.4 Å². The standard InChI is InChI=1S/C34H44O6S13/c1-7-20-21(8-2)47-31(46-20)33-52-29(43-18-15-25(37)40-12-6)30(53-33)45-19-44-26-22(9-3)48-32(49-26)34-50-27(41-16-13-23(35)38-10-4)28(51-34)42-17-14-24(36)39-11-5/h7-19H2,1-6H3. The first-order valence-electron chi connectivity index (χ1n) is 17.2. The molecule has 0 bridgehead atoms. The zero-order valence-corrected chi connectivity index (χ0v) is 41.1. The molecule has 0 amide bonds. The highest BCUT2D eigenvalue weighted by atomic mass is 32.3. The Morgan fingerprint density at radius 2 is 0.717 bits per heavy atom. The van der Waals surface area contributed by atoms with Crippen molar-refractivity contribution in [1.29, 1.82) is 0 Å². The number of hydrogen-bond donors (Lipinski definition) is 0. The van der Waals surface area contributed by atoms with Crippen molar-refractivity contribution in [3.05, 3.63) is 52.8 Å². The van der Waals surface area contributed by atoms with Crippen molar-refractivity contribution in [2.45, 2.75) is 80.1 Å². The number of esters is 3. The minimum atomic E-state index is -0.172. The predicted octanol–water partition coefficient (Wildman–Crippen LogP) is 14.5. The lowest BCUT2D eigenvalue weighted by molar-refractivity contribution is -0.143. The maximum absolute atomic E-state index is 12.1. The Hall–Kier alpha value is 1.40. The minimum absolute atomic E-state index is 0.135. The van der Waals surface area contributed by atoms with Crippen LogP contribution in [0.5, 0.6) is 0 Å². The van der Waals surface area contributed by atoms with E-state index in [1.54, 1.807) is 58.8 Å². The number of carbonyl (C=O) groups is 3. The zero-order valence-electron chi connectivity index (χ0n) is 30.4. The normalized spacial score (nSPS) is 17.8. The number of rotatable bonds is 22. The highest BCUT2D eigenvalue weighted by Gasteiger charge is 2.32. The summed E-state index contributed by atoms with van der Waals surface area (Å²) < 4.78 is 27.2. The van der Waals surface area contributed by atoms with Crippen LogP contribution in [0.15, 0.2) is 52.8 Å². The molecule has 0 aromatic heterocycles. The third kappa shape index (κ3) is 15.2. The second-order valence-electron chi connectivity index (χ2n) is 10.4. The Balaban J connectivity index is 1.40. The second kappa shape index (κ2) is 25.8. The maximum atomic E-state index is 12.1. The summed E-state index contributed by atoms with van der Waals surface area (Å²) in [5.74, 6) is 1.55. The van der Waals surface area contributed by atoms with Crippen LogP contribution in [0.3, 0.4) is 0 Å². The molecule has 0 radical (unpaired) electrons. The van der Waals surface area contributed by atoms with Crippen molar-refractivity contribution in [2.75, 3.05) is 42.2 Å². The van der Waals surface area contributed by atoms with Gasteiger partial charge in [-0.1, -0.05) is 115 Å². The van der Waals surface area contributed by atoms with Crippen LogP contribution < -0.4 is 0 Å². The van der Waals surface area contributed by atoms with Gasteiger partial charge in [-0.25, -0.2) is 0 Å². The molecule has 0 unspecified atom stereocenters. The van der Waals surface area contributed by atoms with Crippen molar-refractivity contribution in [2.24, 2.45) is 0 Å². The lowest BCUT2D eigenvalue weighted by Gasteiger charge is -2.06. The molecule has 0 fully saturated rings. The summed E-state index contributed by atoms with van der Waals surface area (Å²) in [6, 6.07) is 0. The largest absolute Gasteiger partial charge is 0.466 e. The number of hydrogen-bond acceptors (Lipinski definition) is 19. The van der Waals surface area contributed by atoms with Crippen molar-refractivity contribution < 1.29 is 28.6 Å². The van der Waals surface area contributed by atoms with E-state index in [1.807, 2.05) is 115 Å². The van der Waals surface area contributed by atoms with E-state index in [1.165, 1.54) is 52.8 Å². The Kier molecular flexibility index (Phi) is 22.9. The first kappa shape index (κ1) is 47.1. The third-order valence-corrected chi connectivity index (χ3v) is 26.1. The minimum Gasteiger partial charge on any atom is -0.466 e. The molecule has 0 aromatic rings. The molecule has 0 saturated heterocycles. The molecule has 4 aliphatic rings. The number of carbonyl (C=O) groups excluding carboxylic acids is 3. The molecule has 0 aliphatic carbocycles. The molecule has 53 heavy (non-hydrogen) atoms. The Bertz CT molecular complexity index is 1490. The Labute approximate surface area is 370 Å². The maximum Gasteiger partial charge on any atom is 0.306 e. The molecule has 0 atom stereocenters. The number of allylic oxidation sites excluding steroid dienone is 3. The third-order valence-electron chi connectivity index (χ3n) is 6.66. The van der Waals surface area contributed by atoms with E-state index in [0.717, 1.165) is 24.3 Å². The van der Waals surface area contributed by atoms with Crippen LogP contribution in [0, 0.1) is 0 Å². The van der Waals surface area contributed by atoms with E-state index < -0.39 is 0 Å². The number of thioether (sulfide) groups is 13.